The van der Waals surface area contributed by atoms with E-state index in [4.69, 9.17) is 0 Å². The fraction of sp³-hybridized carbons (Fsp3) is 0.812. The summed E-state index contributed by atoms with van der Waals surface area (Å²) in [5.74, 6) is 4.21. The van der Waals surface area contributed by atoms with Crippen LogP contribution in [0.1, 0.15) is 44.9 Å². The highest BCUT2D eigenvalue weighted by Crippen LogP contribution is 2.57. The predicted octanol–water partition coefficient (Wildman–Crippen LogP) is 2.86. The van der Waals surface area contributed by atoms with Crippen LogP contribution in [0, 0.1) is 17.8 Å². The van der Waals surface area contributed by atoms with Gasteiger partial charge in [-0.1, -0.05) is 19.8 Å². The predicted molar refractivity (Wildman–Crippen MR) is 78.0 cm³/mol. The molecule has 3 nitrogen and oxygen atoms in total. The number of hydrogen-bond donors (Lipinski definition) is 1. The van der Waals surface area contributed by atoms with Crippen molar-refractivity contribution in [1.29, 1.82) is 0 Å². The second-order valence-corrected chi connectivity index (χ2v) is 6.33. The Hall–Kier alpha value is -0.830. The van der Waals surface area contributed by atoms with Gasteiger partial charge < -0.3 is 9.88 Å². The molecule has 0 aliphatic heterocycles. The van der Waals surface area contributed by atoms with Gasteiger partial charge in [0.05, 0.1) is 0 Å². The number of rotatable bonds is 6. The van der Waals surface area contributed by atoms with Crippen LogP contribution in [0.25, 0.3) is 0 Å². The summed E-state index contributed by atoms with van der Waals surface area (Å²) in [5.41, 5.74) is 0. The zero-order chi connectivity index (χ0) is 13.2. The van der Waals surface area contributed by atoms with Crippen LogP contribution in [-0.2, 0) is 13.0 Å². The lowest BCUT2D eigenvalue weighted by atomic mass is 10.0. The Morgan fingerprint density at radius 1 is 1.37 bits per heavy atom. The highest BCUT2D eigenvalue weighted by atomic mass is 15.1. The quantitative estimate of drug-likeness (QED) is 0.853. The summed E-state index contributed by atoms with van der Waals surface area (Å²) < 4.78 is 2.33. The van der Waals surface area contributed by atoms with Crippen LogP contribution in [0.2, 0.25) is 0 Å². The molecule has 2 aliphatic carbocycles. The molecule has 3 heteroatoms. The molecule has 1 aromatic heterocycles. The highest BCUT2D eigenvalue weighted by molar-refractivity contribution is 5.07. The average Bonchev–Trinajstić information content (AvgIpc) is 3.00. The summed E-state index contributed by atoms with van der Waals surface area (Å²) in [4.78, 5) is 4.57. The largest absolute Gasteiger partial charge is 0.335 e. The molecule has 3 unspecified atom stereocenters. The average molecular weight is 261 g/mol. The lowest BCUT2D eigenvalue weighted by Gasteiger charge is -2.17. The topological polar surface area (TPSA) is 29.9 Å². The summed E-state index contributed by atoms with van der Waals surface area (Å²) in [6.45, 7) is 3.33. The summed E-state index contributed by atoms with van der Waals surface area (Å²) in [6.07, 6.45) is 12.2. The van der Waals surface area contributed by atoms with Gasteiger partial charge in [-0.05, 0) is 44.1 Å². The number of nitrogens with one attached hydrogen (secondary N) is 1. The Morgan fingerprint density at radius 3 is 2.74 bits per heavy atom. The maximum absolute atomic E-state index is 4.57. The van der Waals surface area contributed by atoms with Crippen LogP contribution in [0.15, 0.2) is 12.4 Å². The molecule has 2 aliphatic rings. The number of imidazole rings is 1. The van der Waals surface area contributed by atoms with Crippen molar-refractivity contribution in [1.82, 2.24) is 14.9 Å². The minimum Gasteiger partial charge on any atom is -0.335 e. The molecule has 0 aromatic carbocycles. The lowest BCUT2D eigenvalue weighted by molar-refractivity contribution is 0.442. The van der Waals surface area contributed by atoms with Crippen molar-refractivity contribution < 1.29 is 0 Å². The second-order valence-electron chi connectivity index (χ2n) is 6.33. The SMILES string of the molecule is CCCn1ccnc1CC(NC)C1C2CCCCC21. The third kappa shape index (κ3) is 2.58. The first-order chi connectivity index (χ1) is 9.35. The fourth-order valence-electron chi connectivity index (χ4n) is 4.25. The van der Waals surface area contributed by atoms with Crippen molar-refractivity contribution >= 4 is 0 Å². The van der Waals surface area contributed by atoms with E-state index < -0.39 is 0 Å². The van der Waals surface area contributed by atoms with Crippen LogP contribution >= 0.6 is 0 Å². The Bertz CT molecular complexity index is 400. The van der Waals surface area contributed by atoms with E-state index in [2.05, 4.69) is 35.0 Å². The van der Waals surface area contributed by atoms with Gasteiger partial charge in [-0.15, -0.1) is 0 Å². The van der Waals surface area contributed by atoms with Gasteiger partial charge in [-0.2, -0.15) is 0 Å². The van der Waals surface area contributed by atoms with E-state index in [1.165, 1.54) is 37.9 Å². The second kappa shape index (κ2) is 5.66. The van der Waals surface area contributed by atoms with E-state index >= 15 is 0 Å². The summed E-state index contributed by atoms with van der Waals surface area (Å²) in [6, 6.07) is 0.631. The first kappa shape index (κ1) is 13.2. The Labute approximate surface area is 116 Å². The molecule has 1 aromatic rings. The third-order valence-corrected chi connectivity index (χ3v) is 5.23. The summed E-state index contributed by atoms with van der Waals surface area (Å²) >= 11 is 0. The summed E-state index contributed by atoms with van der Waals surface area (Å²) in [7, 11) is 2.13. The van der Waals surface area contributed by atoms with Crippen molar-refractivity contribution in [2.24, 2.45) is 17.8 Å². The molecular weight excluding hydrogens is 234 g/mol. The first-order valence-corrected chi connectivity index (χ1v) is 8.02. The van der Waals surface area contributed by atoms with E-state index in [1.54, 1.807) is 0 Å². The Morgan fingerprint density at radius 2 is 2.11 bits per heavy atom. The zero-order valence-corrected chi connectivity index (χ0v) is 12.3. The monoisotopic (exact) mass is 261 g/mol. The van der Waals surface area contributed by atoms with Crippen LogP contribution in [0.5, 0.6) is 0 Å². The maximum Gasteiger partial charge on any atom is 0.110 e. The van der Waals surface area contributed by atoms with Gasteiger partial charge in [0.25, 0.3) is 0 Å². The maximum atomic E-state index is 4.57. The number of aryl methyl sites for hydroxylation is 1. The molecule has 0 saturated heterocycles. The van der Waals surface area contributed by atoms with Gasteiger partial charge in [0.15, 0.2) is 0 Å². The van der Waals surface area contributed by atoms with Crippen LogP contribution in [0.3, 0.4) is 0 Å². The van der Waals surface area contributed by atoms with Gasteiger partial charge in [-0.3, -0.25) is 0 Å². The molecule has 0 amide bonds. The van der Waals surface area contributed by atoms with Crippen molar-refractivity contribution in [3.05, 3.63) is 18.2 Å². The molecule has 3 rings (SSSR count). The Kier molecular flexibility index (Phi) is 3.92. The molecule has 3 atom stereocenters. The van der Waals surface area contributed by atoms with E-state index in [0.29, 0.717) is 6.04 Å². The fourth-order valence-corrected chi connectivity index (χ4v) is 4.25. The number of fused-ring (bicyclic) bond motifs is 1. The molecule has 1 N–H and O–H groups in total. The molecule has 2 fully saturated rings. The molecule has 19 heavy (non-hydrogen) atoms. The van der Waals surface area contributed by atoms with Gasteiger partial charge in [0, 0.05) is 31.4 Å². The van der Waals surface area contributed by atoms with E-state index in [9.17, 15) is 0 Å². The lowest BCUT2D eigenvalue weighted by Crippen LogP contribution is -2.32. The molecular formula is C16H27N3. The van der Waals surface area contributed by atoms with Crippen LogP contribution in [0.4, 0.5) is 0 Å². The van der Waals surface area contributed by atoms with E-state index in [1.807, 2.05) is 6.20 Å². The zero-order valence-electron chi connectivity index (χ0n) is 12.3. The molecule has 106 valence electrons. The van der Waals surface area contributed by atoms with Gasteiger partial charge in [-0.25, -0.2) is 4.98 Å². The smallest absolute Gasteiger partial charge is 0.110 e. The van der Waals surface area contributed by atoms with Crippen molar-refractivity contribution in [2.75, 3.05) is 7.05 Å². The molecule has 0 radical (unpaired) electrons. The van der Waals surface area contributed by atoms with Crippen LogP contribution in [-0.4, -0.2) is 22.6 Å². The molecule has 0 spiro atoms. The number of likely N-dealkylation sites (N-methyl/N-ethyl adjacent to an activating group) is 1. The van der Waals surface area contributed by atoms with Crippen molar-refractivity contribution in [3.63, 3.8) is 0 Å². The molecule has 2 saturated carbocycles. The Balaban J connectivity index is 1.65. The van der Waals surface area contributed by atoms with E-state index in [0.717, 1.165) is 30.7 Å². The molecule has 0 bridgehead atoms. The third-order valence-electron chi connectivity index (χ3n) is 5.23. The van der Waals surface area contributed by atoms with Crippen molar-refractivity contribution in [3.8, 4) is 0 Å². The number of hydrogen-bond acceptors (Lipinski definition) is 2. The molecule has 1 heterocycles. The van der Waals surface area contributed by atoms with Crippen LogP contribution < -0.4 is 5.32 Å². The van der Waals surface area contributed by atoms with Crippen molar-refractivity contribution in [2.45, 2.75) is 58.0 Å². The first-order valence-electron chi connectivity index (χ1n) is 8.02. The van der Waals surface area contributed by atoms with Gasteiger partial charge in [0.1, 0.15) is 5.82 Å². The van der Waals surface area contributed by atoms with Gasteiger partial charge >= 0.3 is 0 Å². The van der Waals surface area contributed by atoms with Gasteiger partial charge in [0.2, 0.25) is 0 Å². The minimum absolute atomic E-state index is 0.631. The minimum atomic E-state index is 0.631. The van der Waals surface area contributed by atoms with E-state index in [-0.39, 0.29) is 0 Å². The number of nitrogens with zero attached hydrogens (tertiary/aromatic N) is 2. The normalized spacial score (nSPS) is 30.9. The standard InChI is InChI=1S/C16H27N3/c1-3-9-19-10-8-18-15(19)11-14(17-2)16-12-6-4-5-7-13(12)16/h8,10,12-14,16-17H,3-7,9,11H2,1-2H3. The number of aromatic nitrogens is 2. The summed E-state index contributed by atoms with van der Waals surface area (Å²) in [5, 5.41) is 3.57. The highest BCUT2D eigenvalue weighted by Gasteiger charge is 2.53.